The summed E-state index contributed by atoms with van der Waals surface area (Å²) in [6.45, 7) is 0.353. The van der Waals surface area contributed by atoms with Gasteiger partial charge >= 0.3 is 0 Å². The summed E-state index contributed by atoms with van der Waals surface area (Å²) in [6.07, 6.45) is 1.88. The molecule has 0 fully saturated rings. The van der Waals surface area contributed by atoms with Crippen LogP contribution in [0.15, 0.2) is 72.8 Å². The van der Waals surface area contributed by atoms with Crippen LogP contribution in [0.4, 0.5) is 11.4 Å². The molecule has 0 radical (unpaired) electrons. The molecule has 166 valence electrons. The molecule has 7 heteroatoms. The number of amides is 2. The van der Waals surface area contributed by atoms with E-state index in [1.54, 1.807) is 42.5 Å². The molecule has 0 spiro atoms. The summed E-state index contributed by atoms with van der Waals surface area (Å²) in [5.74, 6) is 0.325. The van der Waals surface area contributed by atoms with E-state index in [1.807, 2.05) is 30.3 Å². The van der Waals surface area contributed by atoms with E-state index in [1.165, 1.54) is 0 Å². The van der Waals surface area contributed by atoms with Crippen LogP contribution in [0.25, 0.3) is 0 Å². The van der Waals surface area contributed by atoms with Gasteiger partial charge in [0.25, 0.3) is 0 Å². The summed E-state index contributed by atoms with van der Waals surface area (Å²) >= 11 is 11.9. The van der Waals surface area contributed by atoms with E-state index in [-0.39, 0.29) is 11.8 Å². The molecule has 0 saturated heterocycles. The van der Waals surface area contributed by atoms with E-state index in [4.69, 9.17) is 27.9 Å². The number of rotatable bonds is 10. The number of ether oxygens (including phenoxy) is 1. The van der Waals surface area contributed by atoms with Crippen LogP contribution in [0, 0.1) is 0 Å². The number of carbonyl (C=O) groups excluding carboxylic acids is 2. The van der Waals surface area contributed by atoms with Crippen LogP contribution < -0.4 is 15.4 Å². The minimum atomic E-state index is -0.136. The van der Waals surface area contributed by atoms with Gasteiger partial charge in [-0.1, -0.05) is 59.6 Å². The largest absolute Gasteiger partial charge is 0.492 e. The molecule has 2 amide bonds. The van der Waals surface area contributed by atoms with Gasteiger partial charge in [-0.25, -0.2) is 0 Å². The summed E-state index contributed by atoms with van der Waals surface area (Å²) in [7, 11) is 0. The Morgan fingerprint density at radius 1 is 0.781 bits per heavy atom. The van der Waals surface area contributed by atoms with Crippen molar-refractivity contribution in [3.05, 3.63) is 88.4 Å². The van der Waals surface area contributed by atoms with Crippen molar-refractivity contribution in [2.75, 3.05) is 17.2 Å². The van der Waals surface area contributed by atoms with Crippen molar-refractivity contribution in [2.24, 2.45) is 0 Å². The Kier molecular flexibility index (Phi) is 8.96. The number of carbonyl (C=O) groups is 2. The van der Waals surface area contributed by atoms with Gasteiger partial charge in [0, 0.05) is 29.2 Å². The van der Waals surface area contributed by atoms with E-state index in [0.29, 0.717) is 59.5 Å². The predicted octanol–water partition coefficient (Wildman–Crippen LogP) is 6.36. The van der Waals surface area contributed by atoms with Crippen LogP contribution in [0.2, 0.25) is 10.0 Å². The molecule has 0 aliphatic rings. The quantitative estimate of drug-likeness (QED) is 0.338. The average molecular weight is 471 g/mol. The fourth-order valence-electron chi connectivity index (χ4n) is 3.03. The molecular weight excluding hydrogens is 447 g/mol. The highest BCUT2D eigenvalue weighted by atomic mass is 35.5. The van der Waals surface area contributed by atoms with E-state index in [0.717, 1.165) is 5.56 Å². The summed E-state index contributed by atoms with van der Waals surface area (Å²) in [5, 5.41) is 6.69. The smallest absolute Gasteiger partial charge is 0.224 e. The number of anilines is 2. The van der Waals surface area contributed by atoms with Crippen LogP contribution in [-0.4, -0.2) is 18.4 Å². The van der Waals surface area contributed by atoms with Crippen molar-refractivity contribution in [3.63, 3.8) is 0 Å². The van der Waals surface area contributed by atoms with E-state index in [9.17, 15) is 9.59 Å². The second-order valence-electron chi connectivity index (χ2n) is 7.19. The van der Waals surface area contributed by atoms with Crippen molar-refractivity contribution >= 4 is 46.4 Å². The van der Waals surface area contributed by atoms with Crippen LogP contribution in [0.5, 0.6) is 5.75 Å². The highest BCUT2D eigenvalue weighted by molar-refractivity contribution is 6.35. The third-order valence-corrected chi connectivity index (χ3v) is 5.14. The molecule has 0 saturated carbocycles. The highest BCUT2D eigenvalue weighted by Crippen LogP contribution is 2.27. The first-order valence-electron chi connectivity index (χ1n) is 10.3. The average Bonchev–Trinajstić information content (AvgIpc) is 2.77. The normalized spacial score (nSPS) is 10.4. The summed E-state index contributed by atoms with van der Waals surface area (Å²) < 4.78 is 5.59. The van der Waals surface area contributed by atoms with E-state index >= 15 is 0 Å². The SMILES string of the molecule is O=C(CCCOc1ccc(Cl)cc1Cl)Nc1cccc(NC(=O)CCc2ccccc2)c1. The molecule has 0 atom stereocenters. The number of benzene rings is 3. The maximum atomic E-state index is 12.2. The first-order valence-corrected chi connectivity index (χ1v) is 11.1. The van der Waals surface area contributed by atoms with Crippen LogP contribution in [-0.2, 0) is 16.0 Å². The lowest BCUT2D eigenvalue weighted by Crippen LogP contribution is -2.14. The number of halogens is 2. The van der Waals surface area contributed by atoms with Crippen molar-refractivity contribution < 1.29 is 14.3 Å². The van der Waals surface area contributed by atoms with Crippen molar-refractivity contribution in [3.8, 4) is 5.75 Å². The lowest BCUT2D eigenvalue weighted by Gasteiger charge is -2.10. The Morgan fingerprint density at radius 3 is 2.16 bits per heavy atom. The molecule has 3 aromatic carbocycles. The Labute approximate surface area is 197 Å². The molecule has 0 aromatic heterocycles. The van der Waals surface area contributed by atoms with Gasteiger partial charge in [-0.2, -0.15) is 0 Å². The third-order valence-electron chi connectivity index (χ3n) is 4.61. The fraction of sp³-hybridized carbons (Fsp3) is 0.200. The predicted molar refractivity (Wildman–Crippen MR) is 130 cm³/mol. The standard InChI is InChI=1S/C25H24Cl2N2O3/c26-19-12-13-23(22(27)16-19)32-15-5-10-24(30)28-20-8-4-9-21(17-20)29-25(31)14-11-18-6-2-1-3-7-18/h1-4,6-9,12-13,16-17H,5,10-11,14-15H2,(H,28,30)(H,29,31). The third kappa shape index (κ3) is 7.91. The van der Waals surface area contributed by atoms with Crippen molar-refractivity contribution in [2.45, 2.75) is 25.7 Å². The van der Waals surface area contributed by atoms with E-state index in [2.05, 4.69) is 10.6 Å². The molecule has 32 heavy (non-hydrogen) atoms. The lowest BCUT2D eigenvalue weighted by atomic mass is 10.1. The molecule has 5 nitrogen and oxygen atoms in total. The number of hydrogen-bond donors (Lipinski definition) is 2. The van der Waals surface area contributed by atoms with Crippen molar-refractivity contribution in [1.29, 1.82) is 0 Å². The van der Waals surface area contributed by atoms with Gasteiger partial charge in [0.15, 0.2) is 0 Å². The van der Waals surface area contributed by atoms with Crippen LogP contribution >= 0.6 is 23.2 Å². The zero-order valence-electron chi connectivity index (χ0n) is 17.4. The molecule has 2 N–H and O–H groups in total. The maximum Gasteiger partial charge on any atom is 0.224 e. The molecule has 0 heterocycles. The molecule has 0 unspecified atom stereocenters. The summed E-state index contributed by atoms with van der Waals surface area (Å²) in [5.41, 5.74) is 2.38. The Hall–Kier alpha value is -3.02. The second kappa shape index (κ2) is 12.1. The number of hydrogen-bond acceptors (Lipinski definition) is 3. The highest BCUT2D eigenvalue weighted by Gasteiger charge is 2.07. The monoisotopic (exact) mass is 470 g/mol. The second-order valence-corrected chi connectivity index (χ2v) is 8.03. The topological polar surface area (TPSA) is 67.4 Å². The van der Waals surface area contributed by atoms with Crippen LogP contribution in [0.1, 0.15) is 24.8 Å². The molecule has 0 aliphatic heterocycles. The molecular formula is C25H24Cl2N2O3. The molecule has 3 rings (SSSR count). The van der Waals surface area contributed by atoms with Gasteiger partial charge in [-0.05, 0) is 54.8 Å². The fourth-order valence-corrected chi connectivity index (χ4v) is 3.49. The first-order chi connectivity index (χ1) is 15.5. The Morgan fingerprint density at radius 2 is 1.47 bits per heavy atom. The summed E-state index contributed by atoms with van der Waals surface area (Å²) in [4.78, 5) is 24.5. The maximum absolute atomic E-state index is 12.2. The van der Waals surface area contributed by atoms with Gasteiger partial charge < -0.3 is 15.4 Å². The minimum absolute atomic E-state index is 0.0738. The minimum Gasteiger partial charge on any atom is -0.492 e. The van der Waals surface area contributed by atoms with Crippen LogP contribution in [0.3, 0.4) is 0 Å². The zero-order valence-corrected chi connectivity index (χ0v) is 19.0. The van der Waals surface area contributed by atoms with Gasteiger partial charge in [0.05, 0.1) is 11.6 Å². The van der Waals surface area contributed by atoms with Gasteiger partial charge in [-0.3, -0.25) is 9.59 Å². The van der Waals surface area contributed by atoms with Crippen molar-refractivity contribution in [1.82, 2.24) is 0 Å². The number of aryl methyl sites for hydroxylation is 1. The van der Waals surface area contributed by atoms with Gasteiger partial charge in [0.1, 0.15) is 5.75 Å². The summed E-state index contributed by atoms with van der Waals surface area (Å²) in [6, 6.07) is 22.0. The van der Waals surface area contributed by atoms with E-state index < -0.39 is 0 Å². The number of nitrogens with one attached hydrogen (secondary N) is 2. The lowest BCUT2D eigenvalue weighted by molar-refractivity contribution is -0.117. The first kappa shape index (κ1) is 23.6. The zero-order chi connectivity index (χ0) is 22.8. The Bertz CT molecular complexity index is 1060. The molecule has 0 aliphatic carbocycles. The van der Waals surface area contributed by atoms with Gasteiger partial charge in [0.2, 0.25) is 11.8 Å². The molecule has 0 bridgehead atoms. The molecule has 3 aromatic rings. The Balaban J connectivity index is 1.40. The van der Waals surface area contributed by atoms with Gasteiger partial charge in [-0.15, -0.1) is 0 Å².